The van der Waals surface area contributed by atoms with Gasteiger partial charge in [0, 0.05) is 5.92 Å². The van der Waals surface area contributed by atoms with E-state index in [1.165, 1.54) is 11.1 Å². The fourth-order valence-corrected chi connectivity index (χ4v) is 2.03. The number of fused-ring (bicyclic) bond motifs is 1. The lowest BCUT2D eigenvalue weighted by atomic mass is 9.96. The largest absolute Gasteiger partial charge is 0.380 e. The third-order valence-electron chi connectivity index (χ3n) is 2.73. The van der Waals surface area contributed by atoms with Gasteiger partial charge >= 0.3 is 0 Å². The summed E-state index contributed by atoms with van der Waals surface area (Å²) in [4.78, 5) is 0. The second-order valence-corrected chi connectivity index (χ2v) is 3.46. The van der Waals surface area contributed by atoms with Gasteiger partial charge in [-0.1, -0.05) is 30.2 Å². The van der Waals surface area contributed by atoms with E-state index in [1.54, 1.807) is 0 Å². The summed E-state index contributed by atoms with van der Waals surface area (Å²) < 4.78 is 0. The van der Waals surface area contributed by atoms with Crippen LogP contribution in [0.3, 0.4) is 0 Å². The molecule has 1 unspecified atom stereocenters. The smallest absolute Gasteiger partial charge is 0.121 e. The molecule has 1 aromatic rings. The molecule has 0 aromatic heterocycles. The third kappa shape index (κ3) is 1.34. The van der Waals surface area contributed by atoms with Crippen molar-refractivity contribution in [1.82, 2.24) is 0 Å². The molecule has 13 heavy (non-hydrogen) atoms. The van der Waals surface area contributed by atoms with Crippen molar-refractivity contribution in [2.75, 3.05) is 0 Å². The molecular formula is C12H12O. The van der Waals surface area contributed by atoms with Gasteiger partial charge in [-0.15, -0.1) is 6.42 Å². The van der Waals surface area contributed by atoms with E-state index in [0.717, 1.165) is 12.8 Å². The maximum absolute atomic E-state index is 9.57. The SMILES string of the molecule is C#C[C@@H](O)C1CCc2ccccc21. The summed E-state index contributed by atoms with van der Waals surface area (Å²) in [5.41, 5.74) is 2.56. The lowest BCUT2D eigenvalue weighted by Gasteiger charge is -2.13. The summed E-state index contributed by atoms with van der Waals surface area (Å²) in [6.07, 6.45) is 6.61. The van der Waals surface area contributed by atoms with Gasteiger partial charge in [0.2, 0.25) is 0 Å². The summed E-state index contributed by atoms with van der Waals surface area (Å²) in [7, 11) is 0. The van der Waals surface area contributed by atoms with Crippen LogP contribution in [0.1, 0.15) is 23.5 Å². The van der Waals surface area contributed by atoms with E-state index in [4.69, 9.17) is 6.42 Å². The van der Waals surface area contributed by atoms with Gasteiger partial charge in [-0.3, -0.25) is 0 Å². The zero-order valence-electron chi connectivity index (χ0n) is 7.40. The molecule has 0 amide bonds. The van der Waals surface area contributed by atoms with Crippen molar-refractivity contribution in [3.8, 4) is 12.3 Å². The van der Waals surface area contributed by atoms with Crippen LogP contribution in [0.15, 0.2) is 24.3 Å². The molecule has 66 valence electrons. The average Bonchev–Trinajstić information content (AvgIpc) is 2.60. The van der Waals surface area contributed by atoms with Crippen molar-refractivity contribution < 1.29 is 5.11 Å². The molecule has 0 heterocycles. The summed E-state index contributed by atoms with van der Waals surface area (Å²) in [5.74, 6) is 2.56. The van der Waals surface area contributed by atoms with E-state index in [0.29, 0.717) is 0 Å². The maximum Gasteiger partial charge on any atom is 0.121 e. The molecule has 0 aliphatic heterocycles. The molecule has 2 rings (SSSR count). The summed E-state index contributed by atoms with van der Waals surface area (Å²) in [6.45, 7) is 0. The number of hydrogen-bond donors (Lipinski definition) is 1. The number of aliphatic hydroxyl groups is 1. The Morgan fingerprint density at radius 3 is 3.00 bits per heavy atom. The first kappa shape index (κ1) is 8.34. The normalized spacial score (nSPS) is 22.0. The Kier molecular flexibility index (Phi) is 2.08. The molecule has 0 saturated carbocycles. The predicted octanol–water partition coefficient (Wildman–Crippen LogP) is 1.71. The molecule has 1 aromatic carbocycles. The van der Waals surface area contributed by atoms with Crippen LogP contribution in [0, 0.1) is 12.3 Å². The van der Waals surface area contributed by atoms with Gasteiger partial charge in [-0.05, 0) is 24.0 Å². The molecule has 0 bridgehead atoms. The van der Waals surface area contributed by atoms with Crippen LogP contribution in [0.4, 0.5) is 0 Å². The van der Waals surface area contributed by atoms with Gasteiger partial charge in [-0.25, -0.2) is 0 Å². The van der Waals surface area contributed by atoms with Crippen LogP contribution in [-0.2, 0) is 6.42 Å². The zero-order valence-corrected chi connectivity index (χ0v) is 7.40. The Bertz CT molecular complexity index is 348. The molecule has 1 N–H and O–H groups in total. The van der Waals surface area contributed by atoms with Crippen molar-refractivity contribution in [3.05, 3.63) is 35.4 Å². The topological polar surface area (TPSA) is 20.2 Å². The fourth-order valence-electron chi connectivity index (χ4n) is 2.03. The molecule has 0 radical (unpaired) electrons. The van der Waals surface area contributed by atoms with Gasteiger partial charge in [0.05, 0.1) is 0 Å². The Morgan fingerprint density at radius 2 is 2.23 bits per heavy atom. The van der Waals surface area contributed by atoms with Gasteiger partial charge in [0.1, 0.15) is 6.10 Å². The van der Waals surface area contributed by atoms with Crippen molar-refractivity contribution >= 4 is 0 Å². The van der Waals surface area contributed by atoms with Crippen molar-refractivity contribution in [3.63, 3.8) is 0 Å². The van der Waals surface area contributed by atoms with Crippen LogP contribution >= 0.6 is 0 Å². The van der Waals surface area contributed by atoms with Crippen LogP contribution < -0.4 is 0 Å². The highest BCUT2D eigenvalue weighted by molar-refractivity contribution is 5.36. The van der Waals surface area contributed by atoms with Gasteiger partial charge in [0.25, 0.3) is 0 Å². The maximum atomic E-state index is 9.57. The van der Waals surface area contributed by atoms with E-state index in [1.807, 2.05) is 12.1 Å². The molecular weight excluding hydrogens is 160 g/mol. The minimum atomic E-state index is -0.622. The summed E-state index contributed by atoms with van der Waals surface area (Å²) in [5, 5.41) is 9.57. The highest BCUT2D eigenvalue weighted by atomic mass is 16.3. The van der Waals surface area contributed by atoms with Gasteiger partial charge < -0.3 is 5.11 Å². The Morgan fingerprint density at radius 1 is 1.46 bits per heavy atom. The molecule has 1 heteroatoms. The van der Waals surface area contributed by atoms with Crippen LogP contribution in [-0.4, -0.2) is 11.2 Å². The minimum Gasteiger partial charge on any atom is -0.380 e. The summed E-state index contributed by atoms with van der Waals surface area (Å²) in [6, 6.07) is 8.20. The number of terminal acetylenes is 1. The monoisotopic (exact) mass is 172 g/mol. The number of aliphatic hydroxyl groups excluding tert-OH is 1. The minimum absolute atomic E-state index is 0.154. The highest BCUT2D eigenvalue weighted by Crippen LogP contribution is 2.34. The molecule has 0 spiro atoms. The van der Waals surface area contributed by atoms with Crippen LogP contribution in [0.25, 0.3) is 0 Å². The van der Waals surface area contributed by atoms with Crippen molar-refractivity contribution in [2.45, 2.75) is 24.9 Å². The first-order valence-electron chi connectivity index (χ1n) is 4.55. The molecule has 0 saturated heterocycles. The highest BCUT2D eigenvalue weighted by Gasteiger charge is 2.26. The lowest BCUT2D eigenvalue weighted by molar-refractivity contribution is 0.199. The number of benzene rings is 1. The first-order chi connectivity index (χ1) is 6.33. The number of aryl methyl sites for hydroxylation is 1. The lowest BCUT2D eigenvalue weighted by Crippen LogP contribution is -2.13. The quantitative estimate of drug-likeness (QED) is 0.639. The standard InChI is InChI=1S/C12H12O/c1-2-12(13)11-8-7-9-5-3-4-6-10(9)11/h1,3-6,11-13H,7-8H2/t11?,12-/m1/s1. The third-order valence-corrected chi connectivity index (χ3v) is 2.73. The Balaban J connectivity index is 2.34. The van der Waals surface area contributed by atoms with Crippen LogP contribution in [0.5, 0.6) is 0 Å². The summed E-state index contributed by atoms with van der Waals surface area (Å²) >= 11 is 0. The Hall–Kier alpha value is -1.26. The first-order valence-corrected chi connectivity index (χ1v) is 4.55. The second-order valence-electron chi connectivity index (χ2n) is 3.46. The molecule has 1 nitrogen and oxygen atoms in total. The Labute approximate surface area is 78.4 Å². The molecule has 1 aliphatic rings. The zero-order chi connectivity index (χ0) is 9.26. The van der Waals surface area contributed by atoms with E-state index < -0.39 is 6.10 Å². The van der Waals surface area contributed by atoms with Crippen molar-refractivity contribution in [1.29, 1.82) is 0 Å². The molecule has 1 aliphatic carbocycles. The number of hydrogen-bond acceptors (Lipinski definition) is 1. The van der Waals surface area contributed by atoms with E-state index >= 15 is 0 Å². The molecule has 2 atom stereocenters. The molecule has 0 fully saturated rings. The predicted molar refractivity (Wildman–Crippen MR) is 52.3 cm³/mol. The van der Waals surface area contributed by atoms with Gasteiger partial charge in [0.15, 0.2) is 0 Å². The van der Waals surface area contributed by atoms with E-state index in [2.05, 4.69) is 18.1 Å². The van der Waals surface area contributed by atoms with Crippen molar-refractivity contribution in [2.24, 2.45) is 0 Å². The van der Waals surface area contributed by atoms with E-state index in [-0.39, 0.29) is 5.92 Å². The van der Waals surface area contributed by atoms with E-state index in [9.17, 15) is 5.11 Å². The van der Waals surface area contributed by atoms with Gasteiger partial charge in [-0.2, -0.15) is 0 Å². The average molecular weight is 172 g/mol. The van der Waals surface area contributed by atoms with Crippen LogP contribution in [0.2, 0.25) is 0 Å². The second kappa shape index (κ2) is 3.24. The fraction of sp³-hybridized carbons (Fsp3) is 0.333. The number of rotatable bonds is 1.